The van der Waals surface area contributed by atoms with E-state index in [0.717, 1.165) is 22.0 Å². The summed E-state index contributed by atoms with van der Waals surface area (Å²) in [6.45, 7) is 2.07. The summed E-state index contributed by atoms with van der Waals surface area (Å²) >= 11 is 2.96. The van der Waals surface area contributed by atoms with E-state index in [0.29, 0.717) is 10.9 Å². The van der Waals surface area contributed by atoms with Crippen molar-refractivity contribution in [2.75, 3.05) is 5.32 Å². The van der Waals surface area contributed by atoms with Gasteiger partial charge in [-0.15, -0.1) is 22.7 Å². The number of aromatic nitrogens is 2. The molecular formula is C20H17N3O2S2. The Morgan fingerprint density at radius 2 is 2.07 bits per heavy atom. The number of rotatable bonds is 6. The number of carbonyl (C=O) groups is 1. The lowest BCUT2D eigenvalue weighted by molar-refractivity contribution is -0.115. The maximum Gasteiger partial charge on any atom is 0.232 e. The molecule has 3 aromatic heterocycles. The lowest BCUT2D eigenvalue weighted by Gasteiger charge is -2.00. The molecule has 3 heterocycles. The molecule has 136 valence electrons. The van der Waals surface area contributed by atoms with Crippen molar-refractivity contribution in [2.45, 2.75) is 19.8 Å². The molecule has 0 radical (unpaired) electrons. The Kier molecular flexibility index (Phi) is 5.13. The Bertz CT molecular complexity index is 1030. The topological polar surface area (TPSA) is 68.0 Å². The molecule has 0 atom stereocenters. The number of furan rings is 1. The third kappa shape index (κ3) is 4.50. The third-order valence-electron chi connectivity index (χ3n) is 3.92. The molecule has 1 aromatic carbocycles. The number of hydrogen-bond donors (Lipinski definition) is 1. The molecule has 4 rings (SSSR count). The van der Waals surface area contributed by atoms with Crippen molar-refractivity contribution in [3.05, 3.63) is 75.9 Å². The lowest BCUT2D eigenvalue weighted by Crippen LogP contribution is -2.14. The Morgan fingerprint density at radius 3 is 2.85 bits per heavy atom. The SMILES string of the molecule is Cc1ccc(Cc2cnc(NC(=O)Cc3csc(-c4ccco4)n3)s2)cc1. The third-order valence-corrected chi connectivity index (χ3v) is 5.74. The highest BCUT2D eigenvalue weighted by atomic mass is 32.1. The molecular weight excluding hydrogens is 378 g/mol. The quantitative estimate of drug-likeness (QED) is 0.502. The van der Waals surface area contributed by atoms with E-state index < -0.39 is 0 Å². The van der Waals surface area contributed by atoms with Crippen LogP contribution in [0.2, 0.25) is 0 Å². The van der Waals surface area contributed by atoms with Crippen LogP contribution in [0.4, 0.5) is 5.13 Å². The zero-order valence-electron chi connectivity index (χ0n) is 14.6. The van der Waals surface area contributed by atoms with Crippen LogP contribution in [0.15, 0.2) is 58.7 Å². The molecule has 0 saturated heterocycles. The first-order valence-electron chi connectivity index (χ1n) is 8.44. The summed E-state index contributed by atoms with van der Waals surface area (Å²) in [4.78, 5) is 22.2. The van der Waals surface area contributed by atoms with Crippen LogP contribution in [0.3, 0.4) is 0 Å². The maximum atomic E-state index is 12.3. The average Bonchev–Trinajstić information content (AvgIpc) is 3.39. The zero-order chi connectivity index (χ0) is 18.6. The van der Waals surface area contributed by atoms with Crippen LogP contribution >= 0.6 is 22.7 Å². The molecule has 1 amide bonds. The fourth-order valence-electron chi connectivity index (χ4n) is 2.58. The second-order valence-electron chi connectivity index (χ2n) is 6.14. The van der Waals surface area contributed by atoms with Crippen molar-refractivity contribution in [1.82, 2.24) is 9.97 Å². The fourth-order valence-corrected chi connectivity index (χ4v) is 4.23. The lowest BCUT2D eigenvalue weighted by atomic mass is 10.1. The molecule has 7 heteroatoms. The van der Waals surface area contributed by atoms with Gasteiger partial charge >= 0.3 is 0 Å². The summed E-state index contributed by atoms with van der Waals surface area (Å²) in [6, 6.07) is 12.1. The van der Waals surface area contributed by atoms with Gasteiger partial charge < -0.3 is 9.73 Å². The molecule has 0 spiro atoms. The summed E-state index contributed by atoms with van der Waals surface area (Å²) < 4.78 is 5.33. The van der Waals surface area contributed by atoms with Crippen molar-refractivity contribution in [1.29, 1.82) is 0 Å². The second kappa shape index (κ2) is 7.85. The van der Waals surface area contributed by atoms with Gasteiger partial charge in [0.15, 0.2) is 15.9 Å². The first-order chi connectivity index (χ1) is 13.2. The average molecular weight is 396 g/mol. The van der Waals surface area contributed by atoms with Crippen molar-refractivity contribution in [3.63, 3.8) is 0 Å². The van der Waals surface area contributed by atoms with Crippen molar-refractivity contribution in [2.24, 2.45) is 0 Å². The Labute approximate surface area is 164 Å². The van der Waals surface area contributed by atoms with Crippen LogP contribution in [0.5, 0.6) is 0 Å². The Hall–Kier alpha value is -2.77. The summed E-state index contributed by atoms with van der Waals surface area (Å²) in [5.74, 6) is 0.592. The highest BCUT2D eigenvalue weighted by Crippen LogP contribution is 2.25. The molecule has 0 fully saturated rings. The zero-order valence-corrected chi connectivity index (χ0v) is 16.3. The molecule has 4 aromatic rings. The van der Waals surface area contributed by atoms with E-state index >= 15 is 0 Å². The minimum absolute atomic E-state index is 0.123. The molecule has 0 aliphatic carbocycles. The van der Waals surface area contributed by atoms with E-state index in [1.54, 1.807) is 6.26 Å². The van der Waals surface area contributed by atoms with E-state index in [2.05, 4.69) is 46.5 Å². The molecule has 0 unspecified atom stereocenters. The number of amides is 1. The van der Waals surface area contributed by atoms with Gasteiger partial charge in [0, 0.05) is 22.9 Å². The predicted octanol–water partition coefficient (Wildman–Crippen LogP) is 4.94. The van der Waals surface area contributed by atoms with Gasteiger partial charge in [-0.1, -0.05) is 29.8 Å². The normalized spacial score (nSPS) is 10.9. The van der Waals surface area contributed by atoms with Gasteiger partial charge in [0.25, 0.3) is 0 Å². The van der Waals surface area contributed by atoms with Gasteiger partial charge in [-0.25, -0.2) is 9.97 Å². The van der Waals surface area contributed by atoms with E-state index in [-0.39, 0.29) is 12.3 Å². The first-order valence-corrected chi connectivity index (χ1v) is 10.1. The predicted molar refractivity (Wildman–Crippen MR) is 108 cm³/mol. The fraction of sp³-hybridized carbons (Fsp3) is 0.150. The number of carbonyl (C=O) groups excluding carboxylic acids is 1. The number of aryl methyl sites for hydroxylation is 1. The van der Waals surface area contributed by atoms with Crippen LogP contribution < -0.4 is 5.32 Å². The number of nitrogens with one attached hydrogen (secondary N) is 1. The molecule has 0 bridgehead atoms. The molecule has 5 nitrogen and oxygen atoms in total. The van der Waals surface area contributed by atoms with Crippen LogP contribution in [-0.2, 0) is 17.6 Å². The van der Waals surface area contributed by atoms with Gasteiger partial charge in [-0.2, -0.15) is 0 Å². The van der Waals surface area contributed by atoms with Gasteiger partial charge in [0.05, 0.1) is 18.4 Å². The maximum absolute atomic E-state index is 12.3. The summed E-state index contributed by atoms with van der Waals surface area (Å²) in [5.41, 5.74) is 3.20. The number of nitrogens with zero attached hydrogens (tertiary/aromatic N) is 2. The van der Waals surface area contributed by atoms with E-state index in [4.69, 9.17) is 4.42 Å². The summed E-state index contributed by atoms with van der Waals surface area (Å²) in [6.07, 6.45) is 4.45. The largest absolute Gasteiger partial charge is 0.462 e. The minimum atomic E-state index is -0.123. The molecule has 1 N–H and O–H groups in total. The molecule has 27 heavy (non-hydrogen) atoms. The van der Waals surface area contributed by atoms with Gasteiger partial charge in [0.1, 0.15) is 0 Å². The minimum Gasteiger partial charge on any atom is -0.462 e. The summed E-state index contributed by atoms with van der Waals surface area (Å²) in [7, 11) is 0. The van der Waals surface area contributed by atoms with Crippen molar-refractivity contribution >= 4 is 33.7 Å². The van der Waals surface area contributed by atoms with Gasteiger partial charge in [0.2, 0.25) is 5.91 Å². The van der Waals surface area contributed by atoms with Crippen LogP contribution in [0.1, 0.15) is 21.7 Å². The van der Waals surface area contributed by atoms with E-state index in [1.165, 1.54) is 33.8 Å². The van der Waals surface area contributed by atoms with Gasteiger partial charge in [-0.3, -0.25) is 4.79 Å². The van der Waals surface area contributed by atoms with Crippen LogP contribution in [0, 0.1) is 6.92 Å². The standard InChI is InChI=1S/C20H17N3O2S2/c1-13-4-6-14(7-5-13)9-16-11-21-20(27-16)23-18(24)10-15-12-26-19(22-15)17-3-2-8-25-17/h2-8,11-12H,9-10H2,1H3,(H,21,23,24). The molecule has 0 aliphatic heterocycles. The highest BCUT2D eigenvalue weighted by Gasteiger charge is 2.12. The van der Waals surface area contributed by atoms with Crippen molar-refractivity contribution < 1.29 is 9.21 Å². The van der Waals surface area contributed by atoms with E-state index in [1.807, 2.05) is 23.7 Å². The van der Waals surface area contributed by atoms with Crippen LogP contribution in [0.25, 0.3) is 10.8 Å². The number of anilines is 1. The van der Waals surface area contributed by atoms with E-state index in [9.17, 15) is 4.79 Å². The number of hydrogen-bond acceptors (Lipinski definition) is 6. The first kappa shape index (κ1) is 17.6. The Balaban J connectivity index is 1.34. The number of benzene rings is 1. The molecule has 0 saturated carbocycles. The highest BCUT2D eigenvalue weighted by molar-refractivity contribution is 7.15. The number of thiazole rings is 2. The van der Waals surface area contributed by atoms with Crippen LogP contribution in [-0.4, -0.2) is 15.9 Å². The molecule has 0 aliphatic rings. The van der Waals surface area contributed by atoms with Gasteiger partial charge in [-0.05, 0) is 24.6 Å². The summed E-state index contributed by atoms with van der Waals surface area (Å²) in [5, 5.41) is 6.13. The smallest absolute Gasteiger partial charge is 0.232 e. The Morgan fingerprint density at radius 1 is 1.22 bits per heavy atom. The monoisotopic (exact) mass is 395 g/mol. The second-order valence-corrected chi connectivity index (χ2v) is 8.11. The van der Waals surface area contributed by atoms with Crippen molar-refractivity contribution in [3.8, 4) is 10.8 Å².